The Morgan fingerprint density at radius 1 is 0.657 bits per heavy atom. The summed E-state index contributed by atoms with van der Waals surface area (Å²) in [5.74, 6) is 0.352. The molecule has 0 saturated heterocycles. The van der Waals surface area contributed by atoms with Crippen molar-refractivity contribution in [1.29, 1.82) is 10.5 Å². The quantitative estimate of drug-likeness (QED) is 0.0910. The van der Waals surface area contributed by atoms with Crippen molar-refractivity contribution >= 4 is 74.7 Å². The molecule has 2 aromatic carbocycles. The summed E-state index contributed by atoms with van der Waals surface area (Å²) < 4.78 is 4.25. The first-order valence-electron chi connectivity index (χ1n) is 21.2. The highest BCUT2D eigenvalue weighted by atomic mass is 79.9. The highest BCUT2D eigenvalue weighted by Crippen LogP contribution is 2.34. The third-order valence-electron chi connectivity index (χ3n) is 11.1. The van der Waals surface area contributed by atoms with Crippen LogP contribution >= 0.6 is 15.9 Å². The standard InChI is InChI=1S/C24H18N6O2.C17H12BrN5O.C8H9BO3.2CH4/c25-12-15-1-8-22(27-13-15)30(19-6-7-19)24(32)18-9-10-29-21(11-18)20(14-28-29)16-2-4-17(5-3-16)23(26)31;18-14-10-21-22-6-5-12(7-15(14)22)17(24)23(13-2-3-13)16-4-1-11(8-19)9-20-16;1-6(10)7-2-4-8(5-3-7)9(11)12;;/h1-5,8-11,13-14,19H,6-7H2,(H2,26,31);1,4-7,9-10,13H,2-3H2;2-5,11-12H,1H3;2*1H4. The second-order valence-corrected chi connectivity index (χ2v) is 16.7. The van der Waals surface area contributed by atoms with Gasteiger partial charge in [0.15, 0.2) is 5.78 Å². The van der Waals surface area contributed by atoms with Gasteiger partial charge in [-0.25, -0.2) is 19.0 Å². The number of ketones is 1. The molecule has 6 heterocycles. The Morgan fingerprint density at radius 3 is 1.56 bits per heavy atom. The largest absolute Gasteiger partial charge is 0.488 e. The van der Waals surface area contributed by atoms with E-state index in [4.69, 9.17) is 26.3 Å². The summed E-state index contributed by atoms with van der Waals surface area (Å²) in [6.07, 6.45) is 13.7. The number of pyridine rings is 4. The van der Waals surface area contributed by atoms with Crippen molar-refractivity contribution in [2.75, 3.05) is 9.80 Å². The van der Waals surface area contributed by atoms with Gasteiger partial charge in [0.05, 0.1) is 39.0 Å². The van der Waals surface area contributed by atoms with E-state index in [2.05, 4.69) is 36.1 Å². The van der Waals surface area contributed by atoms with Crippen LogP contribution in [0, 0.1) is 22.7 Å². The van der Waals surface area contributed by atoms with Crippen LogP contribution in [0.4, 0.5) is 11.6 Å². The number of nitriles is 2. The molecule has 2 saturated carbocycles. The third kappa shape index (κ3) is 11.5. The number of aromatic nitrogens is 6. The number of Topliss-reactive ketones (excluding diaryl/α,β-unsaturated/α-hetero) is 1. The Labute approximate surface area is 412 Å². The van der Waals surface area contributed by atoms with Crippen LogP contribution in [-0.4, -0.2) is 82.0 Å². The minimum atomic E-state index is -1.47. The van der Waals surface area contributed by atoms with E-state index < -0.39 is 13.0 Å². The minimum Gasteiger partial charge on any atom is -0.423 e. The lowest BCUT2D eigenvalue weighted by Crippen LogP contribution is -2.33. The molecular weight excluding hydrogens is 953 g/mol. The number of amides is 3. The molecule has 2 aliphatic rings. The molecule has 0 bridgehead atoms. The van der Waals surface area contributed by atoms with Gasteiger partial charge in [0.2, 0.25) is 5.91 Å². The molecule has 2 fully saturated rings. The Kier molecular flexibility index (Phi) is 16.2. The molecule has 6 aromatic heterocycles. The molecule has 2 aliphatic carbocycles. The van der Waals surface area contributed by atoms with Gasteiger partial charge in [0, 0.05) is 64.7 Å². The van der Waals surface area contributed by atoms with Crippen LogP contribution in [0.25, 0.3) is 22.2 Å². The average molecular weight is 1000 g/mol. The lowest BCUT2D eigenvalue weighted by atomic mass is 9.80. The predicted molar refractivity (Wildman–Crippen MR) is 269 cm³/mol. The van der Waals surface area contributed by atoms with Gasteiger partial charge in [-0.2, -0.15) is 20.7 Å². The molecule has 19 heteroatoms. The lowest BCUT2D eigenvalue weighted by Gasteiger charge is -2.21. The number of rotatable bonds is 10. The Balaban J connectivity index is 0.000000187. The molecule has 70 heavy (non-hydrogen) atoms. The summed E-state index contributed by atoms with van der Waals surface area (Å²) in [6.45, 7) is 1.46. The van der Waals surface area contributed by atoms with Crippen LogP contribution < -0.4 is 21.0 Å². The van der Waals surface area contributed by atoms with Crippen molar-refractivity contribution in [2.24, 2.45) is 5.73 Å². The maximum absolute atomic E-state index is 13.5. The van der Waals surface area contributed by atoms with Gasteiger partial charge in [-0.1, -0.05) is 51.3 Å². The molecule has 0 unspecified atom stereocenters. The van der Waals surface area contributed by atoms with Gasteiger partial charge >= 0.3 is 7.12 Å². The van der Waals surface area contributed by atoms with E-state index in [1.807, 2.05) is 36.4 Å². The van der Waals surface area contributed by atoms with Crippen LogP contribution in [0.5, 0.6) is 0 Å². The molecule has 0 spiro atoms. The van der Waals surface area contributed by atoms with Crippen LogP contribution in [0.3, 0.4) is 0 Å². The highest BCUT2D eigenvalue weighted by molar-refractivity contribution is 9.10. The summed E-state index contributed by atoms with van der Waals surface area (Å²) in [7, 11) is -1.47. The second-order valence-electron chi connectivity index (χ2n) is 15.9. The molecule has 0 radical (unpaired) electrons. The molecule has 3 amide bonds. The van der Waals surface area contributed by atoms with E-state index in [-0.39, 0.29) is 44.5 Å². The van der Waals surface area contributed by atoms with Gasteiger partial charge in [-0.15, -0.1) is 0 Å². The topological polar surface area (TPSA) is 249 Å². The molecule has 10 rings (SSSR count). The van der Waals surface area contributed by atoms with Crippen molar-refractivity contribution in [2.45, 2.75) is 59.5 Å². The van der Waals surface area contributed by atoms with Crippen LogP contribution in [-0.2, 0) is 0 Å². The number of fused-ring (bicyclic) bond motifs is 2. The number of hydrogen-bond acceptors (Lipinski definition) is 12. The van der Waals surface area contributed by atoms with Crippen LogP contribution in [0.2, 0.25) is 0 Å². The summed E-state index contributed by atoms with van der Waals surface area (Å²) in [5.41, 5.74) is 12.1. The number of primary amides is 1. The summed E-state index contributed by atoms with van der Waals surface area (Å²) in [5, 5.41) is 43.9. The summed E-state index contributed by atoms with van der Waals surface area (Å²) in [4.78, 5) is 60.7. The predicted octanol–water partition coefficient (Wildman–Crippen LogP) is 7.19. The van der Waals surface area contributed by atoms with Crippen LogP contribution in [0.15, 0.2) is 139 Å². The molecule has 8 aromatic rings. The summed E-state index contributed by atoms with van der Waals surface area (Å²) >= 11 is 3.44. The molecular formula is C51H47BBrN11O6. The maximum atomic E-state index is 13.5. The lowest BCUT2D eigenvalue weighted by molar-refractivity contribution is 0.0976. The fraction of sp³-hybridized carbons (Fsp3) is 0.176. The van der Waals surface area contributed by atoms with Gasteiger partial charge in [0.25, 0.3) is 11.8 Å². The van der Waals surface area contributed by atoms with Crippen molar-refractivity contribution < 1.29 is 29.2 Å². The third-order valence-corrected chi connectivity index (χ3v) is 11.7. The van der Waals surface area contributed by atoms with Crippen LogP contribution in [0.1, 0.15) is 100 Å². The maximum Gasteiger partial charge on any atom is 0.488 e. The van der Waals surface area contributed by atoms with Crippen molar-refractivity contribution in [1.82, 2.24) is 29.2 Å². The normalized spacial score (nSPS) is 12.3. The number of nitrogens with two attached hydrogens (primary N) is 1. The number of hydrogen-bond donors (Lipinski definition) is 3. The number of nitrogens with zero attached hydrogens (tertiary/aromatic N) is 10. The molecule has 17 nitrogen and oxygen atoms in total. The van der Waals surface area contributed by atoms with Crippen molar-refractivity contribution in [3.8, 4) is 23.3 Å². The average Bonchev–Trinajstić information content (AvgIpc) is 4.31. The SMILES string of the molecule is C.C.CC(=O)c1ccc(B(O)O)cc1.N#Cc1ccc(N(C(=O)c2ccn3ncc(-c4ccc(C(N)=O)cc4)c3c2)C2CC2)nc1.N#Cc1ccc(N(C(=O)c2ccn3ncc(Br)c3c2)C2CC2)nc1. The molecule has 4 N–H and O–H groups in total. The zero-order valence-corrected chi connectivity index (χ0v) is 37.8. The van der Waals surface area contributed by atoms with E-state index in [0.29, 0.717) is 50.5 Å². The van der Waals surface area contributed by atoms with E-state index in [9.17, 15) is 19.2 Å². The molecule has 352 valence electrons. The van der Waals surface area contributed by atoms with E-state index >= 15 is 0 Å². The van der Waals surface area contributed by atoms with E-state index in [1.54, 1.807) is 104 Å². The number of anilines is 2. The van der Waals surface area contributed by atoms with E-state index in [0.717, 1.165) is 52.3 Å². The number of carbonyl (C=O) groups is 4. The monoisotopic (exact) mass is 999 g/mol. The molecule has 0 aliphatic heterocycles. The van der Waals surface area contributed by atoms with Crippen molar-refractivity contribution in [3.63, 3.8) is 0 Å². The fourth-order valence-electron chi connectivity index (χ4n) is 7.17. The van der Waals surface area contributed by atoms with Gasteiger partial charge in [0.1, 0.15) is 23.8 Å². The fourth-order valence-corrected chi connectivity index (χ4v) is 7.56. The van der Waals surface area contributed by atoms with Crippen molar-refractivity contribution in [3.05, 3.63) is 172 Å². The first-order valence-corrected chi connectivity index (χ1v) is 22.0. The highest BCUT2D eigenvalue weighted by Gasteiger charge is 2.36. The number of benzene rings is 2. The second kappa shape index (κ2) is 22.2. The first kappa shape index (κ1) is 51.0. The van der Waals surface area contributed by atoms with Gasteiger partial charge < -0.3 is 15.8 Å². The Hall–Kier alpha value is -8.36. The zero-order valence-electron chi connectivity index (χ0n) is 36.2. The summed E-state index contributed by atoms with van der Waals surface area (Å²) in [6, 6.07) is 31.4. The minimum absolute atomic E-state index is 0. The first-order chi connectivity index (χ1) is 32.8. The molecule has 0 atom stereocenters. The zero-order chi connectivity index (χ0) is 48.1. The smallest absolute Gasteiger partial charge is 0.423 e. The number of halogens is 1. The van der Waals surface area contributed by atoms with E-state index in [1.165, 1.54) is 31.5 Å². The van der Waals surface area contributed by atoms with Gasteiger partial charge in [-0.05, 0) is 120 Å². The Morgan fingerprint density at radius 2 is 1.13 bits per heavy atom. The number of carbonyl (C=O) groups excluding carboxylic acids is 4. The Bertz CT molecular complexity index is 3270. The van der Waals surface area contributed by atoms with Gasteiger partial charge in [-0.3, -0.25) is 29.0 Å².